The predicted octanol–water partition coefficient (Wildman–Crippen LogP) is 2.93. The van der Waals surface area contributed by atoms with Crippen molar-refractivity contribution < 1.29 is 9.13 Å². The fourth-order valence-electron chi connectivity index (χ4n) is 3.45. The number of aromatic amines is 2. The number of benzene rings is 2. The number of ether oxygens (including phenoxy) is 1. The summed E-state index contributed by atoms with van der Waals surface area (Å²) in [5.74, 6) is 0.553. The van der Waals surface area contributed by atoms with Crippen molar-refractivity contribution in [2.75, 3.05) is 13.2 Å². The number of halogens is 1. The molecule has 0 radical (unpaired) electrons. The van der Waals surface area contributed by atoms with Crippen LogP contribution in [0.15, 0.2) is 46.0 Å². The molecule has 1 atom stereocenters. The van der Waals surface area contributed by atoms with Gasteiger partial charge < -0.3 is 9.72 Å². The van der Waals surface area contributed by atoms with Crippen molar-refractivity contribution in [2.45, 2.75) is 38.6 Å². The van der Waals surface area contributed by atoms with E-state index >= 15 is 0 Å². The SMILES string of the molecule is CC(NNCCCc1ccc2[nH]c(=O)[nH]c(=O)c2c1)c1ccc(F)c(OCC2CC2)c1. The van der Waals surface area contributed by atoms with Gasteiger partial charge >= 0.3 is 5.69 Å². The Bertz CT molecular complexity index is 1170. The molecular formula is C23H27FN4O3. The maximum absolute atomic E-state index is 14.0. The standard InChI is InChI=1S/C23H27FN4O3/c1-14(17-7-8-19(24)21(12-17)31-13-16-4-5-16)28-25-10-2-3-15-6-9-20-18(11-15)22(29)27-23(30)26-20/h6-9,11-12,14,16,25,28H,2-5,10,13H2,1H3,(H2,26,27,29,30). The number of nitrogens with one attached hydrogen (secondary N) is 4. The Balaban J connectivity index is 1.25. The van der Waals surface area contributed by atoms with Crippen LogP contribution in [-0.2, 0) is 6.42 Å². The molecule has 4 rings (SSSR count). The molecule has 0 amide bonds. The van der Waals surface area contributed by atoms with Gasteiger partial charge in [-0.25, -0.2) is 9.18 Å². The van der Waals surface area contributed by atoms with Crippen molar-refractivity contribution in [3.05, 3.63) is 74.2 Å². The summed E-state index contributed by atoms with van der Waals surface area (Å²) in [6.07, 6.45) is 3.97. The van der Waals surface area contributed by atoms with Gasteiger partial charge in [0, 0.05) is 12.6 Å². The molecule has 31 heavy (non-hydrogen) atoms. The number of fused-ring (bicyclic) bond motifs is 1. The Labute approximate surface area is 179 Å². The van der Waals surface area contributed by atoms with E-state index in [0.29, 0.717) is 29.2 Å². The zero-order valence-corrected chi connectivity index (χ0v) is 17.5. The molecular weight excluding hydrogens is 399 g/mol. The third kappa shape index (κ3) is 5.59. The minimum atomic E-state index is -0.502. The van der Waals surface area contributed by atoms with Crippen LogP contribution < -0.4 is 26.8 Å². The van der Waals surface area contributed by atoms with E-state index < -0.39 is 5.69 Å². The molecule has 164 valence electrons. The van der Waals surface area contributed by atoms with Crippen molar-refractivity contribution in [3.63, 3.8) is 0 Å². The first kappa shape index (κ1) is 21.3. The normalized spacial score (nSPS) is 14.6. The first-order valence-electron chi connectivity index (χ1n) is 10.7. The van der Waals surface area contributed by atoms with Crippen LogP contribution in [-0.4, -0.2) is 23.1 Å². The number of hydrogen-bond acceptors (Lipinski definition) is 5. The Kier molecular flexibility index (Phi) is 6.48. The summed E-state index contributed by atoms with van der Waals surface area (Å²) >= 11 is 0. The average Bonchev–Trinajstić information content (AvgIpc) is 3.57. The van der Waals surface area contributed by atoms with E-state index in [0.717, 1.165) is 30.5 Å². The molecule has 1 heterocycles. The van der Waals surface area contributed by atoms with Gasteiger partial charge in [-0.2, -0.15) is 0 Å². The summed E-state index contributed by atoms with van der Waals surface area (Å²) in [7, 11) is 0. The molecule has 1 aliphatic rings. The summed E-state index contributed by atoms with van der Waals surface area (Å²) in [6.45, 7) is 3.30. The van der Waals surface area contributed by atoms with Crippen LogP contribution in [0.3, 0.4) is 0 Å². The van der Waals surface area contributed by atoms with Crippen molar-refractivity contribution in [1.29, 1.82) is 0 Å². The van der Waals surface area contributed by atoms with Gasteiger partial charge in [-0.3, -0.25) is 20.6 Å². The highest BCUT2D eigenvalue weighted by Crippen LogP contribution is 2.31. The second-order valence-electron chi connectivity index (χ2n) is 8.13. The van der Waals surface area contributed by atoms with Crippen molar-refractivity contribution in [2.24, 2.45) is 5.92 Å². The molecule has 0 bridgehead atoms. The van der Waals surface area contributed by atoms with E-state index in [1.165, 1.54) is 18.9 Å². The predicted molar refractivity (Wildman–Crippen MR) is 118 cm³/mol. The summed E-state index contributed by atoms with van der Waals surface area (Å²) in [6, 6.07) is 10.4. The van der Waals surface area contributed by atoms with E-state index in [1.807, 2.05) is 19.1 Å². The minimum Gasteiger partial charge on any atom is -0.490 e. The lowest BCUT2D eigenvalue weighted by atomic mass is 10.1. The Hall–Kier alpha value is -2.97. The highest BCUT2D eigenvalue weighted by Gasteiger charge is 2.22. The van der Waals surface area contributed by atoms with Crippen LogP contribution in [0, 0.1) is 11.7 Å². The van der Waals surface area contributed by atoms with Crippen molar-refractivity contribution >= 4 is 10.9 Å². The van der Waals surface area contributed by atoms with Crippen LogP contribution >= 0.6 is 0 Å². The molecule has 0 aliphatic heterocycles. The summed E-state index contributed by atoms with van der Waals surface area (Å²) < 4.78 is 19.6. The van der Waals surface area contributed by atoms with Crippen LogP contribution in [0.2, 0.25) is 0 Å². The number of hydrogen-bond donors (Lipinski definition) is 4. The second kappa shape index (κ2) is 9.45. The Morgan fingerprint density at radius 1 is 1.16 bits per heavy atom. The van der Waals surface area contributed by atoms with E-state index in [1.54, 1.807) is 18.2 Å². The average molecular weight is 426 g/mol. The number of hydrazine groups is 1. The zero-order valence-electron chi connectivity index (χ0n) is 17.5. The molecule has 4 N–H and O–H groups in total. The highest BCUT2D eigenvalue weighted by atomic mass is 19.1. The lowest BCUT2D eigenvalue weighted by molar-refractivity contribution is 0.284. The van der Waals surface area contributed by atoms with Crippen LogP contribution in [0.5, 0.6) is 5.75 Å². The first-order valence-corrected chi connectivity index (χ1v) is 10.7. The summed E-state index contributed by atoms with van der Waals surface area (Å²) in [4.78, 5) is 28.1. The largest absolute Gasteiger partial charge is 0.490 e. The quantitative estimate of drug-likeness (QED) is 0.295. The Morgan fingerprint density at radius 2 is 2.00 bits per heavy atom. The molecule has 7 nitrogen and oxygen atoms in total. The summed E-state index contributed by atoms with van der Waals surface area (Å²) in [5.41, 5.74) is 8.06. The van der Waals surface area contributed by atoms with Crippen LogP contribution in [0.25, 0.3) is 10.9 Å². The van der Waals surface area contributed by atoms with E-state index in [4.69, 9.17) is 4.74 Å². The first-order chi connectivity index (χ1) is 15.0. The van der Waals surface area contributed by atoms with Gasteiger partial charge in [0.25, 0.3) is 5.56 Å². The van der Waals surface area contributed by atoms with Crippen molar-refractivity contribution in [1.82, 2.24) is 20.8 Å². The molecule has 2 aromatic carbocycles. The molecule has 1 unspecified atom stereocenters. The molecule has 8 heteroatoms. The molecule has 0 saturated heterocycles. The summed E-state index contributed by atoms with van der Waals surface area (Å²) in [5, 5.41) is 0.479. The third-order valence-electron chi connectivity index (χ3n) is 5.52. The van der Waals surface area contributed by atoms with Gasteiger partial charge in [0.15, 0.2) is 11.6 Å². The van der Waals surface area contributed by atoms with Gasteiger partial charge in [-0.05, 0) is 73.9 Å². The topological polar surface area (TPSA) is 99.0 Å². The number of rotatable bonds is 10. The smallest absolute Gasteiger partial charge is 0.326 e. The van der Waals surface area contributed by atoms with Gasteiger partial charge in [-0.1, -0.05) is 12.1 Å². The number of aromatic nitrogens is 2. The molecule has 1 saturated carbocycles. The van der Waals surface area contributed by atoms with Crippen molar-refractivity contribution in [3.8, 4) is 5.75 Å². The highest BCUT2D eigenvalue weighted by molar-refractivity contribution is 5.77. The molecule has 1 aliphatic carbocycles. The van der Waals surface area contributed by atoms with Gasteiger partial charge in [0.1, 0.15) is 0 Å². The van der Waals surface area contributed by atoms with E-state index in [2.05, 4.69) is 20.8 Å². The van der Waals surface area contributed by atoms with Gasteiger partial charge in [0.05, 0.1) is 17.5 Å². The van der Waals surface area contributed by atoms with Gasteiger partial charge in [-0.15, -0.1) is 0 Å². The van der Waals surface area contributed by atoms with Gasteiger partial charge in [0.2, 0.25) is 0 Å². The fourth-order valence-corrected chi connectivity index (χ4v) is 3.45. The lowest BCUT2D eigenvalue weighted by Gasteiger charge is -2.17. The fraction of sp³-hybridized carbons (Fsp3) is 0.391. The van der Waals surface area contributed by atoms with E-state index in [9.17, 15) is 14.0 Å². The number of aryl methyl sites for hydroxylation is 1. The third-order valence-corrected chi connectivity index (χ3v) is 5.52. The number of H-pyrrole nitrogens is 2. The zero-order chi connectivity index (χ0) is 21.8. The molecule has 1 aromatic heterocycles. The lowest BCUT2D eigenvalue weighted by Crippen LogP contribution is -2.35. The minimum absolute atomic E-state index is 0.0140. The maximum Gasteiger partial charge on any atom is 0.326 e. The molecule has 1 fully saturated rings. The van der Waals surface area contributed by atoms with Crippen LogP contribution in [0.1, 0.15) is 43.4 Å². The monoisotopic (exact) mass is 426 g/mol. The second-order valence-corrected chi connectivity index (χ2v) is 8.13. The van der Waals surface area contributed by atoms with Crippen LogP contribution in [0.4, 0.5) is 4.39 Å². The molecule has 0 spiro atoms. The maximum atomic E-state index is 14.0. The van der Waals surface area contributed by atoms with E-state index in [-0.39, 0.29) is 17.4 Å². The Morgan fingerprint density at radius 3 is 2.81 bits per heavy atom. The molecule has 3 aromatic rings.